The number of nitrogens with zero attached hydrogens (tertiary/aromatic N) is 2. The number of aliphatic hydroxyl groups excluding tert-OH is 1. The maximum Gasteiger partial charge on any atom is 0.115 e. The zero-order valence-corrected chi connectivity index (χ0v) is 7.72. The van der Waals surface area contributed by atoms with Crippen LogP contribution in [0.4, 0.5) is 0 Å². The van der Waals surface area contributed by atoms with Gasteiger partial charge in [0.15, 0.2) is 0 Å². The summed E-state index contributed by atoms with van der Waals surface area (Å²) in [6.07, 6.45) is 3.33. The van der Waals surface area contributed by atoms with Gasteiger partial charge in [-0.3, -0.25) is 0 Å². The number of aromatic nitrogens is 2. The van der Waals surface area contributed by atoms with Crippen molar-refractivity contribution in [1.29, 1.82) is 0 Å². The third-order valence-corrected chi connectivity index (χ3v) is 2.18. The van der Waals surface area contributed by atoms with E-state index in [2.05, 4.69) is 9.97 Å². The highest BCUT2D eigenvalue weighted by Crippen LogP contribution is 2.20. The van der Waals surface area contributed by atoms with Gasteiger partial charge >= 0.3 is 0 Å². The summed E-state index contributed by atoms with van der Waals surface area (Å²) in [7, 11) is 0. The average Bonchev–Trinajstić information content (AvgIpc) is 2.21. The van der Waals surface area contributed by atoms with Crippen LogP contribution in [0.5, 0.6) is 0 Å². The van der Waals surface area contributed by atoms with Gasteiger partial charge in [0.1, 0.15) is 12.4 Å². The fourth-order valence-electron chi connectivity index (χ4n) is 1.24. The fraction of sp³-hybridized carbons (Fsp3) is 0.556. The molecule has 0 bridgehead atoms. The van der Waals surface area contributed by atoms with Gasteiger partial charge in [-0.15, -0.1) is 0 Å². The molecule has 4 nitrogen and oxygen atoms in total. The minimum atomic E-state index is -0.571. The summed E-state index contributed by atoms with van der Waals surface area (Å²) in [6.45, 7) is 2.48. The predicted octanol–water partition coefficient (Wildman–Crippen LogP) is 0.495. The lowest BCUT2D eigenvalue weighted by Gasteiger charge is -2.18. The van der Waals surface area contributed by atoms with E-state index < -0.39 is 6.10 Å². The zero-order chi connectivity index (χ0) is 9.68. The molecule has 13 heavy (non-hydrogen) atoms. The molecule has 0 aliphatic rings. The van der Waals surface area contributed by atoms with Crippen molar-refractivity contribution in [3.05, 3.63) is 24.3 Å². The highest BCUT2D eigenvalue weighted by atomic mass is 16.3. The van der Waals surface area contributed by atoms with Gasteiger partial charge in [-0.1, -0.05) is 6.92 Å². The van der Waals surface area contributed by atoms with E-state index in [-0.39, 0.29) is 5.92 Å². The summed E-state index contributed by atoms with van der Waals surface area (Å²) >= 11 is 0. The largest absolute Gasteiger partial charge is 0.386 e. The monoisotopic (exact) mass is 181 g/mol. The van der Waals surface area contributed by atoms with Crippen LogP contribution >= 0.6 is 0 Å². The third kappa shape index (κ3) is 2.47. The number of rotatable bonds is 4. The Labute approximate surface area is 77.8 Å². The van der Waals surface area contributed by atoms with Crippen LogP contribution in [0.15, 0.2) is 18.6 Å². The maximum absolute atomic E-state index is 9.81. The molecule has 0 saturated carbocycles. The lowest BCUT2D eigenvalue weighted by Crippen LogP contribution is -2.21. The third-order valence-electron chi connectivity index (χ3n) is 2.18. The minimum Gasteiger partial charge on any atom is -0.386 e. The average molecular weight is 181 g/mol. The molecule has 0 aromatic carbocycles. The van der Waals surface area contributed by atoms with E-state index in [1.165, 1.54) is 6.33 Å². The van der Waals surface area contributed by atoms with Crippen LogP contribution in [0.2, 0.25) is 0 Å². The van der Waals surface area contributed by atoms with Gasteiger partial charge in [-0.05, 0) is 19.0 Å². The summed E-state index contributed by atoms with van der Waals surface area (Å²) in [5.74, 6) is 0.0786. The molecule has 4 heteroatoms. The topological polar surface area (TPSA) is 72.0 Å². The Hall–Kier alpha value is -1.00. The molecule has 0 aliphatic carbocycles. The smallest absolute Gasteiger partial charge is 0.115 e. The molecule has 1 rings (SSSR count). The van der Waals surface area contributed by atoms with E-state index in [1.807, 2.05) is 6.92 Å². The predicted molar refractivity (Wildman–Crippen MR) is 49.8 cm³/mol. The number of nitrogens with two attached hydrogens (primary N) is 1. The second kappa shape index (κ2) is 4.89. The highest BCUT2D eigenvalue weighted by Gasteiger charge is 2.18. The molecule has 1 heterocycles. The van der Waals surface area contributed by atoms with Crippen molar-refractivity contribution in [2.45, 2.75) is 19.4 Å². The summed E-state index contributed by atoms with van der Waals surface area (Å²) in [5, 5.41) is 9.81. The summed E-state index contributed by atoms with van der Waals surface area (Å²) in [6, 6.07) is 1.71. The van der Waals surface area contributed by atoms with E-state index in [0.717, 1.165) is 6.42 Å². The van der Waals surface area contributed by atoms with Crippen LogP contribution in [-0.2, 0) is 0 Å². The molecular weight excluding hydrogens is 166 g/mol. The van der Waals surface area contributed by atoms with Crippen molar-refractivity contribution in [2.24, 2.45) is 11.7 Å². The lowest BCUT2D eigenvalue weighted by atomic mass is 9.97. The van der Waals surface area contributed by atoms with E-state index in [9.17, 15) is 5.11 Å². The van der Waals surface area contributed by atoms with E-state index in [4.69, 9.17) is 5.73 Å². The van der Waals surface area contributed by atoms with Crippen molar-refractivity contribution in [3.63, 3.8) is 0 Å². The van der Waals surface area contributed by atoms with Gasteiger partial charge in [0, 0.05) is 12.1 Å². The Balaban J connectivity index is 2.72. The summed E-state index contributed by atoms with van der Waals surface area (Å²) in [5.41, 5.74) is 6.16. The van der Waals surface area contributed by atoms with Crippen LogP contribution in [0, 0.1) is 5.92 Å². The van der Waals surface area contributed by atoms with Crippen molar-refractivity contribution in [1.82, 2.24) is 9.97 Å². The first-order chi connectivity index (χ1) is 6.29. The standard InChI is InChI=1S/C9H15N3O/c1-2-7(5-10)9(13)8-3-4-11-6-12-8/h3-4,6-7,9,13H,2,5,10H2,1H3. The summed E-state index contributed by atoms with van der Waals surface area (Å²) < 4.78 is 0. The molecule has 0 radical (unpaired) electrons. The SMILES string of the molecule is CCC(CN)C(O)c1ccncn1. The Kier molecular flexibility index (Phi) is 3.79. The van der Waals surface area contributed by atoms with Gasteiger partial charge in [-0.25, -0.2) is 9.97 Å². The van der Waals surface area contributed by atoms with Crippen LogP contribution in [0.3, 0.4) is 0 Å². The minimum absolute atomic E-state index is 0.0786. The second-order valence-electron chi connectivity index (χ2n) is 2.98. The fourth-order valence-corrected chi connectivity index (χ4v) is 1.24. The number of hydrogen-bond acceptors (Lipinski definition) is 4. The van der Waals surface area contributed by atoms with Crippen LogP contribution < -0.4 is 5.73 Å². The molecule has 0 amide bonds. The quantitative estimate of drug-likeness (QED) is 0.709. The molecule has 0 aliphatic heterocycles. The van der Waals surface area contributed by atoms with Gasteiger partial charge in [0.25, 0.3) is 0 Å². The Morgan fingerprint density at radius 3 is 2.85 bits per heavy atom. The van der Waals surface area contributed by atoms with Crippen molar-refractivity contribution in [3.8, 4) is 0 Å². The van der Waals surface area contributed by atoms with E-state index in [0.29, 0.717) is 12.2 Å². The molecular formula is C9H15N3O. The Morgan fingerprint density at radius 2 is 2.38 bits per heavy atom. The molecule has 3 N–H and O–H groups in total. The maximum atomic E-state index is 9.81. The number of aliphatic hydroxyl groups is 1. The molecule has 1 aromatic heterocycles. The molecule has 0 spiro atoms. The molecule has 0 fully saturated rings. The van der Waals surface area contributed by atoms with E-state index in [1.54, 1.807) is 12.3 Å². The summed E-state index contributed by atoms with van der Waals surface area (Å²) in [4.78, 5) is 7.76. The highest BCUT2D eigenvalue weighted by molar-refractivity contribution is 5.03. The number of hydrogen-bond donors (Lipinski definition) is 2. The van der Waals surface area contributed by atoms with Crippen molar-refractivity contribution >= 4 is 0 Å². The molecule has 0 saturated heterocycles. The van der Waals surface area contributed by atoms with Crippen LogP contribution in [0.1, 0.15) is 25.1 Å². The lowest BCUT2D eigenvalue weighted by molar-refractivity contribution is 0.106. The Bertz CT molecular complexity index is 236. The van der Waals surface area contributed by atoms with Crippen LogP contribution in [-0.4, -0.2) is 21.6 Å². The zero-order valence-electron chi connectivity index (χ0n) is 7.72. The first-order valence-corrected chi connectivity index (χ1v) is 4.43. The second-order valence-corrected chi connectivity index (χ2v) is 2.98. The normalized spacial score (nSPS) is 15.3. The van der Waals surface area contributed by atoms with Crippen molar-refractivity contribution < 1.29 is 5.11 Å². The molecule has 1 aromatic rings. The first kappa shape index (κ1) is 10.1. The first-order valence-electron chi connectivity index (χ1n) is 4.43. The molecule has 72 valence electrons. The van der Waals surface area contributed by atoms with Gasteiger partial charge in [0.05, 0.1) is 5.69 Å². The van der Waals surface area contributed by atoms with Gasteiger partial charge in [0.2, 0.25) is 0 Å². The molecule has 2 atom stereocenters. The van der Waals surface area contributed by atoms with Gasteiger partial charge < -0.3 is 10.8 Å². The molecule has 2 unspecified atom stereocenters. The Morgan fingerprint density at radius 1 is 1.62 bits per heavy atom. The van der Waals surface area contributed by atoms with Crippen LogP contribution in [0.25, 0.3) is 0 Å². The van der Waals surface area contributed by atoms with E-state index >= 15 is 0 Å². The van der Waals surface area contributed by atoms with Gasteiger partial charge in [-0.2, -0.15) is 0 Å². The van der Waals surface area contributed by atoms with Crippen molar-refractivity contribution in [2.75, 3.05) is 6.54 Å².